The van der Waals surface area contributed by atoms with Crippen molar-refractivity contribution in [1.29, 1.82) is 0 Å². The van der Waals surface area contributed by atoms with Gasteiger partial charge in [-0.2, -0.15) is 0 Å². The number of aryl methyl sites for hydroxylation is 1. The molecule has 0 aromatic heterocycles. The Balaban J connectivity index is 2.30. The maximum Gasteiger partial charge on any atom is 0.195 e. The molecule has 1 aromatic rings. The molecule has 4 nitrogen and oxygen atoms in total. The van der Waals surface area contributed by atoms with Crippen molar-refractivity contribution in [3.8, 4) is 0 Å². The molecule has 4 heteroatoms. The van der Waals surface area contributed by atoms with Crippen LogP contribution in [-0.4, -0.2) is 19.0 Å². The first-order valence-electron chi connectivity index (χ1n) is 5.09. The number of benzene rings is 1. The van der Waals surface area contributed by atoms with Gasteiger partial charge in [-0.1, -0.05) is 6.07 Å². The van der Waals surface area contributed by atoms with Crippen LogP contribution in [0.2, 0.25) is 0 Å². The molecule has 0 atom stereocenters. The molecule has 1 aliphatic rings. The number of nitrogen functional groups attached to an aromatic ring is 1. The Morgan fingerprint density at radius 3 is 2.87 bits per heavy atom. The van der Waals surface area contributed by atoms with E-state index >= 15 is 0 Å². The van der Waals surface area contributed by atoms with E-state index in [1.54, 1.807) is 0 Å². The van der Waals surface area contributed by atoms with Gasteiger partial charge in [0.15, 0.2) is 5.96 Å². The highest BCUT2D eigenvalue weighted by Gasteiger charge is 2.10. The fourth-order valence-corrected chi connectivity index (χ4v) is 1.66. The van der Waals surface area contributed by atoms with Crippen LogP contribution in [0.3, 0.4) is 0 Å². The van der Waals surface area contributed by atoms with Gasteiger partial charge >= 0.3 is 0 Å². The lowest BCUT2D eigenvalue weighted by Crippen LogP contribution is -2.27. The molecule has 0 saturated heterocycles. The number of nitrogens with one attached hydrogen (secondary N) is 2. The van der Waals surface area contributed by atoms with Crippen LogP contribution >= 0.6 is 0 Å². The summed E-state index contributed by atoms with van der Waals surface area (Å²) in [6.07, 6.45) is 0. The quantitative estimate of drug-likeness (QED) is 0.603. The lowest BCUT2D eigenvalue weighted by atomic mass is 10.1. The van der Waals surface area contributed by atoms with Crippen LogP contribution in [0.4, 0.5) is 11.4 Å². The fraction of sp³-hybridized carbons (Fsp3) is 0.364. The molecule has 1 heterocycles. The van der Waals surface area contributed by atoms with Gasteiger partial charge in [0.25, 0.3) is 0 Å². The maximum absolute atomic E-state index is 5.86. The number of nitrogens with two attached hydrogens (primary N) is 1. The van der Waals surface area contributed by atoms with E-state index in [0.717, 1.165) is 36.0 Å². The lowest BCUT2D eigenvalue weighted by molar-refractivity contribution is 0.959. The number of guanidine groups is 1. The van der Waals surface area contributed by atoms with Gasteiger partial charge < -0.3 is 16.4 Å². The molecule has 80 valence electrons. The summed E-state index contributed by atoms with van der Waals surface area (Å²) >= 11 is 0. The molecule has 0 amide bonds. The predicted octanol–water partition coefficient (Wildman–Crippen LogP) is 1.26. The van der Waals surface area contributed by atoms with Crippen molar-refractivity contribution in [3.05, 3.63) is 23.3 Å². The van der Waals surface area contributed by atoms with Gasteiger partial charge in [-0.15, -0.1) is 0 Å². The average molecular weight is 204 g/mol. The largest absolute Gasteiger partial charge is 0.398 e. The van der Waals surface area contributed by atoms with E-state index in [1.165, 1.54) is 5.56 Å². The van der Waals surface area contributed by atoms with Crippen LogP contribution < -0.4 is 16.4 Å². The molecule has 1 aliphatic heterocycles. The van der Waals surface area contributed by atoms with Crippen molar-refractivity contribution in [2.24, 2.45) is 4.99 Å². The number of rotatable bonds is 1. The van der Waals surface area contributed by atoms with Crippen LogP contribution in [-0.2, 0) is 0 Å². The molecule has 0 saturated carbocycles. The van der Waals surface area contributed by atoms with Gasteiger partial charge in [-0.25, -0.2) is 0 Å². The minimum Gasteiger partial charge on any atom is -0.398 e. The number of hydrogen-bond donors (Lipinski definition) is 3. The second kappa shape index (κ2) is 3.81. The van der Waals surface area contributed by atoms with Crippen LogP contribution in [0.25, 0.3) is 0 Å². The predicted molar refractivity (Wildman–Crippen MR) is 64.3 cm³/mol. The standard InChI is InChI=1S/C11H16N4/c1-7-3-4-9(12)8(2)10(7)15-11-13-5-6-14-11/h3-4H,5-6,12H2,1-2H3,(H2,13,14,15). The molecule has 0 bridgehead atoms. The first kappa shape index (κ1) is 9.83. The van der Waals surface area contributed by atoms with E-state index in [1.807, 2.05) is 19.1 Å². The summed E-state index contributed by atoms with van der Waals surface area (Å²) in [4.78, 5) is 4.30. The Bertz CT molecular complexity index is 409. The summed E-state index contributed by atoms with van der Waals surface area (Å²) in [6, 6.07) is 3.94. The van der Waals surface area contributed by atoms with Gasteiger partial charge in [0.05, 0.1) is 6.54 Å². The van der Waals surface area contributed by atoms with Gasteiger partial charge in [-0.05, 0) is 31.0 Å². The highest BCUT2D eigenvalue weighted by Crippen LogP contribution is 2.25. The molecule has 0 aliphatic carbocycles. The van der Waals surface area contributed by atoms with E-state index in [2.05, 4.69) is 22.5 Å². The van der Waals surface area contributed by atoms with E-state index < -0.39 is 0 Å². The summed E-state index contributed by atoms with van der Waals surface area (Å²) in [5, 5.41) is 6.45. The summed E-state index contributed by atoms with van der Waals surface area (Å²) in [5.41, 5.74) is 9.98. The van der Waals surface area contributed by atoms with Crippen molar-refractivity contribution in [2.75, 3.05) is 24.1 Å². The Hall–Kier alpha value is -1.71. The SMILES string of the molecule is Cc1ccc(N)c(C)c1NC1=NCCN1. The van der Waals surface area contributed by atoms with Crippen molar-refractivity contribution in [2.45, 2.75) is 13.8 Å². The van der Waals surface area contributed by atoms with Gasteiger partial charge in [0.1, 0.15) is 0 Å². The number of aliphatic imine (C=N–C) groups is 1. The van der Waals surface area contributed by atoms with Crippen molar-refractivity contribution >= 4 is 17.3 Å². The number of hydrogen-bond acceptors (Lipinski definition) is 4. The highest BCUT2D eigenvalue weighted by atomic mass is 15.2. The van der Waals surface area contributed by atoms with Gasteiger partial charge in [0, 0.05) is 17.9 Å². The Morgan fingerprint density at radius 1 is 1.40 bits per heavy atom. The first-order chi connectivity index (χ1) is 7.18. The number of nitrogens with zero attached hydrogens (tertiary/aromatic N) is 1. The number of anilines is 2. The van der Waals surface area contributed by atoms with Crippen LogP contribution in [0.15, 0.2) is 17.1 Å². The van der Waals surface area contributed by atoms with Gasteiger partial charge in [-0.3, -0.25) is 4.99 Å². The Labute approximate surface area is 89.6 Å². The maximum atomic E-state index is 5.86. The van der Waals surface area contributed by atoms with Crippen molar-refractivity contribution < 1.29 is 0 Å². The van der Waals surface area contributed by atoms with Gasteiger partial charge in [0.2, 0.25) is 0 Å². The molecule has 0 unspecified atom stereocenters. The third kappa shape index (κ3) is 1.88. The summed E-state index contributed by atoms with van der Waals surface area (Å²) in [6.45, 7) is 5.82. The summed E-state index contributed by atoms with van der Waals surface area (Å²) in [5.74, 6) is 0.840. The zero-order valence-electron chi connectivity index (χ0n) is 9.09. The zero-order valence-corrected chi connectivity index (χ0v) is 9.09. The second-order valence-corrected chi connectivity index (χ2v) is 3.75. The summed E-state index contributed by atoms with van der Waals surface area (Å²) < 4.78 is 0. The van der Waals surface area contributed by atoms with E-state index in [9.17, 15) is 0 Å². The molecule has 0 spiro atoms. The molecule has 0 radical (unpaired) electrons. The van der Waals surface area contributed by atoms with Crippen molar-refractivity contribution in [3.63, 3.8) is 0 Å². The first-order valence-corrected chi connectivity index (χ1v) is 5.09. The van der Waals surface area contributed by atoms with E-state index in [0.29, 0.717) is 0 Å². The third-order valence-electron chi connectivity index (χ3n) is 2.63. The normalized spacial score (nSPS) is 14.7. The topological polar surface area (TPSA) is 62.4 Å². The zero-order chi connectivity index (χ0) is 10.8. The third-order valence-corrected chi connectivity index (χ3v) is 2.63. The monoisotopic (exact) mass is 204 g/mol. The molecule has 15 heavy (non-hydrogen) atoms. The highest BCUT2D eigenvalue weighted by molar-refractivity contribution is 5.96. The molecule has 4 N–H and O–H groups in total. The van der Waals surface area contributed by atoms with Crippen LogP contribution in [0, 0.1) is 13.8 Å². The molecule has 2 rings (SSSR count). The average Bonchev–Trinajstić information content (AvgIpc) is 2.71. The minimum atomic E-state index is 0.807. The molecule has 1 aromatic carbocycles. The van der Waals surface area contributed by atoms with Crippen molar-refractivity contribution in [1.82, 2.24) is 5.32 Å². The van der Waals surface area contributed by atoms with E-state index in [-0.39, 0.29) is 0 Å². The Kier molecular flexibility index (Phi) is 2.49. The fourth-order valence-electron chi connectivity index (χ4n) is 1.66. The van der Waals surface area contributed by atoms with Crippen LogP contribution in [0.1, 0.15) is 11.1 Å². The lowest BCUT2D eigenvalue weighted by Gasteiger charge is -2.14. The molecular weight excluding hydrogens is 188 g/mol. The second-order valence-electron chi connectivity index (χ2n) is 3.75. The minimum absolute atomic E-state index is 0.807. The van der Waals surface area contributed by atoms with Crippen LogP contribution in [0.5, 0.6) is 0 Å². The Morgan fingerprint density at radius 2 is 2.20 bits per heavy atom. The van der Waals surface area contributed by atoms with E-state index in [4.69, 9.17) is 5.73 Å². The smallest absolute Gasteiger partial charge is 0.195 e. The molecule has 0 fully saturated rings. The summed E-state index contributed by atoms with van der Waals surface area (Å²) in [7, 11) is 0. The molecular formula is C11H16N4.